The minimum absolute atomic E-state index is 0.114. The molecule has 1 aromatic heterocycles. The van der Waals surface area contributed by atoms with Gasteiger partial charge in [0.2, 0.25) is 0 Å². The van der Waals surface area contributed by atoms with Crippen molar-refractivity contribution in [3.63, 3.8) is 0 Å². The van der Waals surface area contributed by atoms with Crippen LogP contribution in [-0.2, 0) is 0 Å². The number of halogens is 1. The zero-order chi connectivity index (χ0) is 13.2. The Bertz CT molecular complexity index is 600. The molecule has 98 valence electrons. The average molecular weight is 274 g/mol. The Balaban J connectivity index is 1.92. The van der Waals surface area contributed by atoms with Crippen molar-refractivity contribution in [3.05, 3.63) is 53.6 Å². The summed E-state index contributed by atoms with van der Waals surface area (Å²) < 4.78 is 13.8. The van der Waals surface area contributed by atoms with Crippen molar-refractivity contribution < 1.29 is 4.39 Å². The van der Waals surface area contributed by atoms with Gasteiger partial charge in [-0.2, -0.15) is 0 Å². The molecule has 1 aromatic carbocycles. The van der Waals surface area contributed by atoms with Crippen molar-refractivity contribution in [2.75, 3.05) is 11.1 Å². The number of anilines is 1. The number of rotatable bonds is 2. The molecule has 0 spiro atoms. The average Bonchev–Trinajstić information content (AvgIpc) is 2.42. The molecule has 0 saturated carbocycles. The van der Waals surface area contributed by atoms with Crippen molar-refractivity contribution in [2.45, 2.75) is 24.3 Å². The van der Waals surface area contributed by atoms with Gasteiger partial charge < -0.3 is 5.32 Å². The molecule has 1 N–H and O–H groups in total. The molecule has 0 radical (unpaired) electrons. The van der Waals surface area contributed by atoms with Crippen LogP contribution in [0.25, 0.3) is 0 Å². The second kappa shape index (κ2) is 5.21. The summed E-state index contributed by atoms with van der Waals surface area (Å²) in [5.41, 5.74) is 3.05. The maximum atomic E-state index is 13.8. The lowest BCUT2D eigenvalue weighted by Gasteiger charge is -2.27. The van der Waals surface area contributed by atoms with Crippen molar-refractivity contribution in [2.24, 2.45) is 0 Å². The Morgan fingerprint density at radius 1 is 1.32 bits per heavy atom. The minimum Gasteiger partial charge on any atom is -0.377 e. The van der Waals surface area contributed by atoms with Crippen molar-refractivity contribution in [3.8, 4) is 0 Å². The third-order valence-corrected chi connectivity index (χ3v) is 4.52. The van der Waals surface area contributed by atoms with E-state index in [0.29, 0.717) is 0 Å². The smallest absolute Gasteiger partial charge is 0.137 e. The first-order valence-corrected chi connectivity index (χ1v) is 7.33. The number of hydrogen-bond donors (Lipinski definition) is 1. The highest BCUT2D eigenvalue weighted by Gasteiger charge is 2.23. The zero-order valence-corrected chi connectivity index (χ0v) is 11.5. The van der Waals surface area contributed by atoms with E-state index in [-0.39, 0.29) is 11.9 Å². The Morgan fingerprint density at radius 2 is 2.21 bits per heavy atom. The Hall–Kier alpha value is -1.55. The van der Waals surface area contributed by atoms with Crippen LogP contribution in [-0.4, -0.2) is 10.7 Å². The molecule has 0 bridgehead atoms. The van der Waals surface area contributed by atoms with Crippen molar-refractivity contribution in [1.29, 1.82) is 0 Å². The maximum Gasteiger partial charge on any atom is 0.137 e. The Morgan fingerprint density at radius 3 is 3.05 bits per heavy atom. The number of pyridine rings is 1. The SMILES string of the molecule is Cc1ncccc1NC1CCSc2c(F)cccc21. The fourth-order valence-electron chi connectivity index (χ4n) is 2.36. The largest absolute Gasteiger partial charge is 0.377 e. The standard InChI is InChI=1S/C15H15FN2S/c1-10-13(6-3-8-17-10)18-14-7-9-19-15-11(14)4-2-5-12(15)16/h2-6,8,14,18H,7,9H2,1H3. The Kier molecular flexibility index (Phi) is 3.42. The van der Waals surface area contributed by atoms with Crippen LogP contribution in [0.4, 0.5) is 10.1 Å². The van der Waals surface area contributed by atoms with E-state index in [1.165, 1.54) is 6.07 Å². The van der Waals surface area contributed by atoms with Gasteiger partial charge in [0.1, 0.15) is 5.82 Å². The number of aromatic nitrogens is 1. The lowest BCUT2D eigenvalue weighted by molar-refractivity contribution is 0.585. The van der Waals surface area contributed by atoms with Crippen LogP contribution in [0.2, 0.25) is 0 Å². The highest BCUT2D eigenvalue weighted by molar-refractivity contribution is 7.99. The summed E-state index contributed by atoms with van der Waals surface area (Å²) in [5, 5.41) is 3.49. The molecule has 2 nitrogen and oxygen atoms in total. The van der Waals surface area contributed by atoms with Gasteiger partial charge in [-0.3, -0.25) is 4.98 Å². The van der Waals surface area contributed by atoms with Crippen LogP contribution in [0.5, 0.6) is 0 Å². The lowest BCUT2D eigenvalue weighted by atomic mass is 10.0. The van der Waals surface area contributed by atoms with Gasteiger partial charge in [0.25, 0.3) is 0 Å². The summed E-state index contributed by atoms with van der Waals surface area (Å²) in [7, 11) is 0. The summed E-state index contributed by atoms with van der Waals surface area (Å²) in [6.07, 6.45) is 2.78. The van der Waals surface area contributed by atoms with E-state index >= 15 is 0 Å². The molecule has 0 saturated heterocycles. The molecule has 1 aliphatic heterocycles. The number of nitrogens with one attached hydrogen (secondary N) is 1. The number of hydrogen-bond acceptors (Lipinski definition) is 3. The van der Waals surface area contributed by atoms with Crippen LogP contribution in [0.15, 0.2) is 41.4 Å². The topological polar surface area (TPSA) is 24.9 Å². The molecule has 0 aliphatic carbocycles. The molecule has 19 heavy (non-hydrogen) atoms. The molecule has 1 atom stereocenters. The summed E-state index contributed by atoms with van der Waals surface area (Å²) in [5.74, 6) is 0.821. The second-order valence-corrected chi connectivity index (χ2v) is 5.73. The van der Waals surface area contributed by atoms with Crippen LogP contribution in [0.1, 0.15) is 23.7 Å². The van der Waals surface area contributed by atoms with Gasteiger partial charge in [0.15, 0.2) is 0 Å². The molecule has 1 aliphatic rings. The van der Waals surface area contributed by atoms with E-state index in [0.717, 1.165) is 34.0 Å². The number of thioether (sulfide) groups is 1. The summed E-state index contributed by atoms with van der Waals surface area (Å²) in [6, 6.07) is 9.42. The first-order valence-electron chi connectivity index (χ1n) is 6.35. The van der Waals surface area contributed by atoms with Crippen LogP contribution in [0, 0.1) is 12.7 Å². The zero-order valence-electron chi connectivity index (χ0n) is 10.7. The van der Waals surface area contributed by atoms with Gasteiger partial charge >= 0.3 is 0 Å². The molecular weight excluding hydrogens is 259 g/mol. The van der Waals surface area contributed by atoms with E-state index in [9.17, 15) is 4.39 Å². The predicted molar refractivity (Wildman–Crippen MR) is 77.1 cm³/mol. The molecule has 4 heteroatoms. The number of aryl methyl sites for hydroxylation is 1. The summed E-state index contributed by atoms with van der Waals surface area (Å²) in [6.45, 7) is 1.98. The Labute approximate surface area is 116 Å². The van der Waals surface area contributed by atoms with E-state index < -0.39 is 0 Å². The number of fused-ring (bicyclic) bond motifs is 1. The van der Waals surface area contributed by atoms with Gasteiger partial charge in [-0.25, -0.2) is 4.39 Å². The van der Waals surface area contributed by atoms with E-state index in [1.807, 2.05) is 25.1 Å². The third kappa shape index (κ3) is 2.45. The summed E-state index contributed by atoms with van der Waals surface area (Å²) >= 11 is 1.60. The molecule has 3 rings (SSSR count). The van der Waals surface area contributed by atoms with Gasteiger partial charge in [-0.05, 0) is 37.1 Å². The van der Waals surface area contributed by atoms with Gasteiger partial charge in [0.05, 0.1) is 17.4 Å². The van der Waals surface area contributed by atoms with Gasteiger partial charge in [0, 0.05) is 16.8 Å². The van der Waals surface area contributed by atoms with Crippen LogP contribution >= 0.6 is 11.8 Å². The van der Waals surface area contributed by atoms with Crippen molar-refractivity contribution >= 4 is 17.4 Å². The fraction of sp³-hybridized carbons (Fsp3) is 0.267. The normalized spacial score (nSPS) is 17.9. The highest BCUT2D eigenvalue weighted by Crippen LogP contribution is 2.39. The van der Waals surface area contributed by atoms with E-state index in [4.69, 9.17) is 0 Å². The lowest BCUT2D eigenvalue weighted by Crippen LogP contribution is -2.17. The molecule has 1 unspecified atom stereocenters. The van der Waals surface area contributed by atoms with E-state index in [2.05, 4.69) is 10.3 Å². The monoisotopic (exact) mass is 274 g/mol. The predicted octanol–water partition coefficient (Wildman–Crippen LogP) is 4.18. The molecular formula is C15H15FN2S. The highest BCUT2D eigenvalue weighted by atomic mass is 32.2. The van der Waals surface area contributed by atoms with Crippen molar-refractivity contribution in [1.82, 2.24) is 4.98 Å². The van der Waals surface area contributed by atoms with E-state index in [1.54, 1.807) is 24.0 Å². The quantitative estimate of drug-likeness (QED) is 0.889. The van der Waals surface area contributed by atoms with Gasteiger partial charge in [-0.15, -0.1) is 11.8 Å². The molecule has 2 heterocycles. The summed E-state index contributed by atoms with van der Waals surface area (Å²) in [4.78, 5) is 5.06. The number of benzene rings is 1. The number of nitrogens with zero attached hydrogens (tertiary/aromatic N) is 1. The molecule has 2 aromatic rings. The third-order valence-electron chi connectivity index (χ3n) is 3.36. The first-order chi connectivity index (χ1) is 9.25. The second-order valence-electron chi connectivity index (χ2n) is 4.63. The first kappa shape index (κ1) is 12.5. The maximum absolute atomic E-state index is 13.8. The van der Waals surface area contributed by atoms with Crippen LogP contribution < -0.4 is 5.32 Å². The molecule has 0 amide bonds. The van der Waals surface area contributed by atoms with Crippen LogP contribution in [0.3, 0.4) is 0 Å². The van der Waals surface area contributed by atoms with Gasteiger partial charge in [-0.1, -0.05) is 12.1 Å². The molecule has 0 fully saturated rings. The minimum atomic E-state index is -0.114. The fourth-order valence-corrected chi connectivity index (χ4v) is 3.50.